The summed E-state index contributed by atoms with van der Waals surface area (Å²) in [4.78, 5) is 0. The summed E-state index contributed by atoms with van der Waals surface area (Å²) < 4.78 is 0. The van der Waals surface area contributed by atoms with Gasteiger partial charge in [-0.3, -0.25) is 6.58 Å². The summed E-state index contributed by atoms with van der Waals surface area (Å²) in [5, 5.41) is 0. The van der Waals surface area contributed by atoms with Crippen LogP contribution in [0.3, 0.4) is 0 Å². The second-order valence-corrected chi connectivity index (χ2v) is 1.07. The Balaban J connectivity index is 0. The molecule has 0 aliphatic heterocycles. The number of allylic oxidation sites excluding steroid dienone is 1. The molecule has 0 saturated heterocycles. The molecule has 0 rings (SSSR count). The summed E-state index contributed by atoms with van der Waals surface area (Å²) in [5.41, 5.74) is 0. The first-order valence-corrected chi connectivity index (χ1v) is 2.01. The van der Waals surface area contributed by atoms with Crippen LogP contribution in [0.15, 0.2) is 6.58 Å². The Kier molecular flexibility index (Phi) is 15.0. The number of hydrogen-bond acceptors (Lipinski definition) is 0. The Morgan fingerprint density at radius 1 is 1.67 bits per heavy atom. The third-order valence-corrected chi connectivity index (χ3v) is 0.460. The van der Waals surface area contributed by atoms with Crippen molar-refractivity contribution >= 4 is 11.6 Å². The van der Waals surface area contributed by atoms with Gasteiger partial charge in [-0.05, 0) is 5.88 Å². The minimum Gasteiger partial charge on any atom is -0.503 e. The van der Waals surface area contributed by atoms with Gasteiger partial charge in [0.15, 0.2) is 0 Å². The molecular weight excluding hydrogens is 90.4 g/mol. The first kappa shape index (κ1) is 9.80. The Bertz CT molecular complexity index is 28.7. The molecule has 0 atom stereocenters. The van der Waals surface area contributed by atoms with E-state index in [0.717, 1.165) is 6.42 Å². The van der Waals surface area contributed by atoms with Gasteiger partial charge in [-0.2, -0.15) is 6.42 Å². The van der Waals surface area contributed by atoms with E-state index < -0.39 is 0 Å². The van der Waals surface area contributed by atoms with Crippen LogP contribution in [-0.2, 0) is 0 Å². The third-order valence-electron chi connectivity index (χ3n) is 0.271. The molecule has 0 unspecified atom stereocenters. The summed E-state index contributed by atoms with van der Waals surface area (Å²) in [6.07, 6.45) is 3.43. The van der Waals surface area contributed by atoms with E-state index in [4.69, 9.17) is 11.6 Å². The molecule has 0 radical (unpaired) electrons. The van der Waals surface area contributed by atoms with Crippen LogP contribution in [-0.4, -0.2) is 5.88 Å². The molecule has 0 saturated carbocycles. The van der Waals surface area contributed by atoms with Crippen molar-refractivity contribution in [2.24, 2.45) is 0 Å². The number of rotatable bonds is 2. The summed E-state index contributed by atoms with van der Waals surface area (Å²) in [6.45, 7) is 3.34. The van der Waals surface area contributed by atoms with Crippen molar-refractivity contribution < 1.29 is 18.9 Å². The second kappa shape index (κ2) is 9.16. The fraction of sp³-hybridized carbons (Fsp3) is 0.500. The van der Waals surface area contributed by atoms with Gasteiger partial charge in [0, 0.05) is 0 Å². The predicted octanol–water partition coefficient (Wildman–Crippen LogP) is -1.39. The van der Waals surface area contributed by atoms with Crippen LogP contribution in [0, 0.1) is 6.08 Å². The minimum absolute atomic E-state index is 0. The van der Waals surface area contributed by atoms with Gasteiger partial charge in [0.25, 0.3) is 0 Å². The van der Waals surface area contributed by atoms with Crippen LogP contribution in [0.2, 0.25) is 0 Å². The zero-order chi connectivity index (χ0) is 4.12. The van der Waals surface area contributed by atoms with Crippen molar-refractivity contribution in [1.82, 2.24) is 0 Å². The van der Waals surface area contributed by atoms with E-state index in [1.54, 1.807) is 0 Å². The summed E-state index contributed by atoms with van der Waals surface area (Å²) in [5.74, 6) is 0.642. The van der Waals surface area contributed by atoms with E-state index in [2.05, 4.69) is 12.7 Å². The molecule has 30 valence electrons. The quantitative estimate of drug-likeness (QED) is 0.226. The maximum Gasteiger partial charge on any atom is 1.00 e. The molecule has 0 aliphatic carbocycles. The molecule has 0 aromatic heterocycles. The monoisotopic (exact) mass is 96.0 g/mol. The van der Waals surface area contributed by atoms with E-state index in [9.17, 15) is 0 Å². The largest absolute Gasteiger partial charge is 1.00 e. The van der Waals surface area contributed by atoms with Crippen LogP contribution >= 0.6 is 11.6 Å². The average Bonchev–Trinajstić information content (AvgIpc) is 1.41. The number of hydrogen-bond donors (Lipinski definition) is 0. The average molecular weight is 96.5 g/mol. The molecule has 0 aromatic carbocycles. The van der Waals surface area contributed by atoms with E-state index in [1.165, 1.54) is 0 Å². The van der Waals surface area contributed by atoms with E-state index in [1.807, 2.05) is 0 Å². The molecule has 2 heteroatoms. The van der Waals surface area contributed by atoms with Crippen LogP contribution < -0.4 is 18.9 Å². The number of alkyl halides is 1. The van der Waals surface area contributed by atoms with E-state index >= 15 is 0 Å². The van der Waals surface area contributed by atoms with Gasteiger partial charge in [-0.15, -0.1) is 11.6 Å². The zero-order valence-electron chi connectivity index (χ0n) is 4.00. The smallest absolute Gasteiger partial charge is 0.503 e. The third kappa shape index (κ3) is 8.82. The molecule has 0 N–H and O–H groups in total. The van der Waals surface area contributed by atoms with Crippen molar-refractivity contribution in [3.8, 4) is 0 Å². The first-order chi connectivity index (χ1) is 2.41. The van der Waals surface area contributed by atoms with Crippen molar-refractivity contribution in [3.63, 3.8) is 0 Å². The molecule has 0 spiro atoms. The Hall–Kier alpha value is 0.627. The standard InChI is InChI=1S/C4H6Cl.Li/c1-2-3-4-5;/h1,3-4H2;/q-1;+1. The van der Waals surface area contributed by atoms with E-state index in [-0.39, 0.29) is 18.9 Å². The molecule has 0 bridgehead atoms. The zero-order valence-corrected chi connectivity index (χ0v) is 4.76. The molecule has 0 heterocycles. The van der Waals surface area contributed by atoms with Crippen molar-refractivity contribution in [3.05, 3.63) is 12.7 Å². The van der Waals surface area contributed by atoms with Gasteiger partial charge >= 0.3 is 18.9 Å². The van der Waals surface area contributed by atoms with Crippen molar-refractivity contribution in [2.75, 3.05) is 5.88 Å². The molecule has 0 amide bonds. The van der Waals surface area contributed by atoms with Crippen molar-refractivity contribution in [2.45, 2.75) is 6.42 Å². The fourth-order valence-electron chi connectivity index (χ4n) is 0.0668. The number of halogens is 1. The summed E-state index contributed by atoms with van der Waals surface area (Å²) >= 11 is 5.20. The van der Waals surface area contributed by atoms with Crippen LogP contribution in [0.1, 0.15) is 6.42 Å². The molecule has 6 heavy (non-hydrogen) atoms. The van der Waals surface area contributed by atoms with E-state index in [0.29, 0.717) is 5.88 Å². The minimum atomic E-state index is 0. The van der Waals surface area contributed by atoms with Gasteiger partial charge in [-0.1, -0.05) is 0 Å². The topological polar surface area (TPSA) is 0 Å². The molecule has 0 aromatic rings. The Morgan fingerprint density at radius 2 is 2.17 bits per heavy atom. The molecule has 0 nitrogen and oxygen atoms in total. The fourth-order valence-corrected chi connectivity index (χ4v) is 0.200. The molecule has 0 aliphatic rings. The van der Waals surface area contributed by atoms with Gasteiger partial charge in [0.05, 0.1) is 0 Å². The van der Waals surface area contributed by atoms with Crippen LogP contribution in [0.25, 0.3) is 0 Å². The van der Waals surface area contributed by atoms with Gasteiger partial charge in [0.2, 0.25) is 0 Å². The van der Waals surface area contributed by atoms with Gasteiger partial charge in [-0.25, -0.2) is 0 Å². The first-order valence-electron chi connectivity index (χ1n) is 1.47. The molecule has 0 fully saturated rings. The van der Waals surface area contributed by atoms with Crippen molar-refractivity contribution in [1.29, 1.82) is 0 Å². The van der Waals surface area contributed by atoms with Crippen LogP contribution in [0.4, 0.5) is 0 Å². The Labute approximate surface area is 55.7 Å². The SMILES string of the molecule is C=[C-]CCCl.[Li+]. The maximum absolute atomic E-state index is 5.20. The predicted molar refractivity (Wildman–Crippen MR) is 24.2 cm³/mol. The van der Waals surface area contributed by atoms with Gasteiger partial charge in [0.1, 0.15) is 0 Å². The second-order valence-electron chi connectivity index (χ2n) is 0.689. The Morgan fingerprint density at radius 3 is 2.17 bits per heavy atom. The normalized spacial score (nSPS) is 6.17. The van der Waals surface area contributed by atoms with Crippen LogP contribution in [0.5, 0.6) is 0 Å². The molecular formula is C4H6ClLi. The van der Waals surface area contributed by atoms with Gasteiger partial charge < -0.3 is 6.08 Å². The maximum atomic E-state index is 5.20. The summed E-state index contributed by atoms with van der Waals surface area (Å²) in [7, 11) is 0. The summed E-state index contributed by atoms with van der Waals surface area (Å²) in [6, 6.07) is 0.